The second kappa shape index (κ2) is 4.10. The molecule has 0 aliphatic carbocycles. The summed E-state index contributed by atoms with van der Waals surface area (Å²) >= 11 is 0. The third-order valence-corrected chi connectivity index (χ3v) is 4.09. The minimum Gasteiger partial charge on any atom is -0.491 e. The molecule has 3 heterocycles. The van der Waals surface area contributed by atoms with Crippen molar-refractivity contribution in [2.45, 2.75) is 25.9 Å². The van der Waals surface area contributed by atoms with Gasteiger partial charge in [0.25, 0.3) is 0 Å². The standard InChI is InChI=1S/C15H17N3O/c1-10-17-12-8-16-7-6-13(12)18(10)14-9-19-15-5-3-2-4-11(14)15/h2-5,14,16H,6-9H2,1H3. The van der Waals surface area contributed by atoms with Crippen molar-refractivity contribution in [3.63, 3.8) is 0 Å². The number of aryl methyl sites for hydroxylation is 1. The molecule has 0 amide bonds. The Morgan fingerprint density at radius 2 is 2.26 bits per heavy atom. The summed E-state index contributed by atoms with van der Waals surface area (Å²) in [6.07, 6.45) is 1.05. The van der Waals surface area contributed by atoms with Crippen molar-refractivity contribution in [3.05, 3.63) is 47.0 Å². The lowest BCUT2D eigenvalue weighted by molar-refractivity contribution is 0.312. The van der Waals surface area contributed by atoms with E-state index in [1.165, 1.54) is 17.0 Å². The molecule has 0 radical (unpaired) electrons. The highest BCUT2D eigenvalue weighted by atomic mass is 16.5. The summed E-state index contributed by atoms with van der Waals surface area (Å²) in [6, 6.07) is 8.61. The maximum absolute atomic E-state index is 5.82. The van der Waals surface area contributed by atoms with Gasteiger partial charge >= 0.3 is 0 Å². The Morgan fingerprint density at radius 1 is 1.37 bits per heavy atom. The molecule has 0 spiro atoms. The number of benzene rings is 1. The molecule has 2 aliphatic rings. The van der Waals surface area contributed by atoms with Gasteiger partial charge < -0.3 is 14.6 Å². The van der Waals surface area contributed by atoms with Crippen LogP contribution in [0.1, 0.15) is 28.8 Å². The molecule has 0 fully saturated rings. The lowest BCUT2D eigenvalue weighted by Gasteiger charge is -2.20. The smallest absolute Gasteiger partial charge is 0.124 e. The van der Waals surface area contributed by atoms with Crippen LogP contribution in [0.3, 0.4) is 0 Å². The molecular formula is C15H17N3O. The Kier molecular flexibility index (Phi) is 2.38. The molecule has 2 aromatic rings. The number of imidazole rings is 1. The Balaban J connectivity index is 1.84. The fourth-order valence-electron chi connectivity index (χ4n) is 3.24. The van der Waals surface area contributed by atoms with E-state index in [0.717, 1.165) is 37.7 Å². The van der Waals surface area contributed by atoms with Crippen LogP contribution in [-0.4, -0.2) is 22.7 Å². The maximum Gasteiger partial charge on any atom is 0.124 e. The van der Waals surface area contributed by atoms with Gasteiger partial charge in [-0.25, -0.2) is 4.98 Å². The molecule has 4 nitrogen and oxygen atoms in total. The summed E-state index contributed by atoms with van der Waals surface area (Å²) in [5.74, 6) is 2.11. The summed E-state index contributed by atoms with van der Waals surface area (Å²) in [6.45, 7) is 4.74. The van der Waals surface area contributed by atoms with Gasteiger partial charge in [-0.15, -0.1) is 0 Å². The zero-order valence-corrected chi connectivity index (χ0v) is 11.0. The molecular weight excluding hydrogens is 238 g/mol. The first-order valence-electron chi connectivity index (χ1n) is 6.83. The molecule has 1 aromatic heterocycles. The number of para-hydroxylation sites is 1. The molecule has 2 aliphatic heterocycles. The minimum absolute atomic E-state index is 0.283. The van der Waals surface area contributed by atoms with Crippen molar-refractivity contribution in [1.29, 1.82) is 0 Å². The van der Waals surface area contributed by atoms with E-state index in [2.05, 4.69) is 35.0 Å². The Bertz CT molecular complexity index is 632. The Hall–Kier alpha value is -1.81. The number of ether oxygens (including phenoxy) is 1. The second-order valence-electron chi connectivity index (χ2n) is 5.21. The van der Waals surface area contributed by atoms with E-state index in [4.69, 9.17) is 9.72 Å². The quantitative estimate of drug-likeness (QED) is 0.845. The highest BCUT2D eigenvalue weighted by Crippen LogP contribution is 2.36. The third kappa shape index (κ3) is 1.60. The average molecular weight is 255 g/mol. The van der Waals surface area contributed by atoms with E-state index in [0.29, 0.717) is 0 Å². The van der Waals surface area contributed by atoms with Gasteiger partial charge in [-0.3, -0.25) is 0 Å². The molecule has 0 bridgehead atoms. The second-order valence-corrected chi connectivity index (χ2v) is 5.21. The van der Waals surface area contributed by atoms with Gasteiger partial charge in [0.2, 0.25) is 0 Å². The lowest BCUT2D eigenvalue weighted by atomic mass is 10.1. The number of nitrogens with one attached hydrogen (secondary N) is 1. The van der Waals surface area contributed by atoms with E-state index >= 15 is 0 Å². The van der Waals surface area contributed by atoms with Crippen LogP contribution in [0.4, 0.5) is 0 Å². The predicted octanol–water partition coefficient (Wildman–Crippen LogP) is 1.82. The molecule has 1 atom stereocenters. The van der Waals surface area contributed by atoms with Gasteiger partial charge in [-0.05, 0) is 13.0 Å². The topological polar surface area (TPSA) is 39.1 Å². The van der Waals surface area contributed by atoms with Gasteiger partial charge in [0, 0.05) is 30.8 Å². The monoisotopic (exact) mass is 255 g/mol. The fourth-order valence-corrected chi connectivity index (χ4v) is 3.24. The molecule has 0 saturated carbocycles. The molecule has 1 aromatic carbocycles. The van der Waals surface area contributed by atoms with Crippen LogP contribution >= 0.6 is 0 Å². The third-order valence-electron chi connectivity index (χ3n) is 4.09. The van der Waals surface area contributed by atoms with Gasteiger partial charge in [0.15, 0.2) is 0 Å². The van der Waals surface area contributed by atoms with Crippen molar-refractivity contribution >= 4 is 0 Å². The summed E-state index contributed by atoms with van der Waals surface area (Å²) in [4.78, 5) is 4.71. The van der Waals surface area contributed by atoms with Crippen LogP contribution in [0.5, 0.6) is 5.75 Å². The highest BCUT2D eigenvalue weighted by Gasteiger charge is 2.30. The first-order valence-corrected chi connectivity index (χ1v) is 6.83. The zero-order valence-electron chi connectivity index (χ0n) is 11.0. The Labute approximate surface area is 112 Å². The van der Waals surface area contributed by atoms with Crippen LogP contribution in [-0.2, 0) is 13.0 Å². The largest absolute Gasteiger partial charge is 0.491 e. The number of nitrogens with zero attached hydrogens (tertiary/aromatic N) is 2. The summed E-state index contributed by atoms with van der Waals surface area (Å²) in [5, 5.41) is 3.38. The number of fused-ring (bicyclic) bond motifs is 2. The zero-order chi connectivity index (χ0) is 12.8. The molecule has 0 saturated heterocycles. The first kappa shape index (κ1) is 11.1. The average Bonchev–Trinajstić information content (AvgIpc) is 2.98. The normalized spacial score (nSPS) is 20.8. The predicted molar refractivity (Wildman–Crippen MR) is 72.5 cm³/mol. The summed E-state index contributed by atoms with van der Waals surface area (Å²) in [7, 11) is 0. The van der Waals surface area contributed by atoms with Crippen molar-refractivity contribution in [2.75, 3.05) is 13.2 Å². The van der Waals surface area contributed by atoms with Gasteiger partial charge in [-0.1, -0.05) is 18.2 Å². The van der Waals surface area contributed by atoms with E-state index < -0.39 is 0 Å². The number of hydrogen-bond acceptors (Lipinski definition) is 3. The van der Waals surface area contributed by atoms with E-state index in [1.54, 1.807) is 0 Å². The van der Waals surface area contributed by atoms with Crippen LogP contribution in [0.2, 0.25) is 0 Å². The van der Waals surface area contributed by atoms with Crippen molar-refractivity contribution in [1.82, 2.24) is 14.9 Å². The molecule has 19 heavy (non-hydrogen) atoms. The van der Waals surface area contributed by atoms with Crippen LogP contribution in [0.25, 0.3) is 0 Å². The number of aromatic nitrogens is 2. The number of rotatable bonds is 1. The fraction of sp³-hybridized carbons (Fsp3) is 0.400. The van der Waals surface area contributed by atoms with Crippen LogP contribution in [0.15, 0.2) is 24.3 Å². The van der Waals surface area contributed by atoms with Crippen LogP contribution < -0.4 is 10.1 Å². The number of hydrogen-bond donors (Lipinski definition) is 1. The summed E-state index contributed by atoms with van der Waals surface area (Å²) < 4.78 is 8.19. The van der Waals surface area contributed by atoms with Crippen LogP contribution in [0, 0.1) is 6.92 Å². The highest BCUT2D eigenvalue weighted by molar-refractivity contribution is 5.41. The van der Waals surface area contributed by atoms with Crippen molar-refractivity contribution in [2.24, 2.45) is 0 Å². The van der Waals surface area contributed by atoms with E-state index in [-0.39, 0.29) is 6.04 Å². The molecule has 4 heteroatoms. The van der Waals surface area contributed by atoms with Gasteiger partial charge in [0.1, 0.15) is 18.2 Å². The molecule has 1 unspecified atom stereocenters. The van der Waals surface area contributed by atoms with Gasteiger partial charge in [-0.2, -0.15) is 0 Å². The summed E-state index contributed by atoms with van der Waals surface area (Å²) in [5.41, 5.74) is 3.86. The van der Waals surface area contributed by atoms with Crippen molar-refractivity contribution in [3.8, 4) is 5.75 Å². The molecule has 4 rings (SSSR count). The minimum atomic E-state index is 0.283. The maximum atomic E-state index is 5.82. The SMILES string of the molecule is Cc1nc2c(n1C1COc3ccccc31)CCNC2. The molecule has 98 valence electrons. The molecule has 1 N–H and O–H groups in total. The lowest BCUT2D eigenvalue weighted by Crippen LogP contribution is -2.26. The van der Waals surface area contributed by atoms with Crippen molar-refractivity contribution < 1.29 is 4.74 Å². The van der Waals surface area contributed by atoms with E-state index in [9.17, 15) is 0 Å². The van der Waals surface area contributed by atoms with E-state index in [1.807, 2.05) is 6.07 Å². The first-order chi connectivity index (χ1) is 9.34. The Morgan fingerprint density at radius 3 is 3.21 bits per heavy atom. The van der Waals surface area contributed by atoms with Gasteiger partial charge in [0.05, 0.1) is 11.7 Å².